The number of hydrogen-bond acceptors (Lipinski definition) is 2. The van der Waals surface area contributed by atoms with E-state index >= 15 is 0 Å². The SMILES string of the molecule is CC1CCCNC1CN(C)c1ccccc1F. The van der Waals surface area contributed by atoms with Crippen molar-refractivity contribution in [3.8, 4) is 0 Å². The van der Waals surface area contributed by atoms with E-state index in [4.69, 9.17) is 0 Å². The smallest absolute Gasteiger partial charge is 0.146 e. The van der Waals surface area contributed by atoms with Crippen LogP contribution < -0.4 is 10.2 Å². The molecule has 0 bridgehead atoms. The van der Waals surface area contributed by atoms with Gasteiger partial charge in [0.2, 0.25) is 0 Å². The second-order valence-corrected chi connectivity index (χ2v) is 5.01. The monoisotopic (exact) mass is 236 g/mol. The van der Waals surface area contributed by atoms with Gasteiger partial charge in [0.15, 0.2) is 0 Å². The van der Waals surface area contributed by atoms with Crippen LogP contribution in [0.3, 0.4) is 0 Å². The summed E-state index contributed by atoms with van der Waals surface area (Å²) < 4.78 is 13.6. The van der Waals surface area contributed by atoms with Crippen LogP contribution in [-0.4, -0.2) is 26.2 Å². The van der Waals surface area contributed by atoms with Crippen molar-refractivity contribution in [3.05, 3.63) is 30.1 Å². The second-order valence-electron chi connectivity index (χ2n) is 5.01. The first kappa shape index (κ1) is 12.4. The molecule has 0 aliphatic carbocycles. The zero-order valence-electron chi connectivity index (χ0n) is 10.6. The van der Waals surface area contributed by atoms with E-state index < -0.39 is 0 Å². The summed E-state index contributed by atoms with van der Waals surface area (Å²) in [6.07, 6.45) is 2.52. The molecule has 0 spiro atoms. The first-order valence-electron chi connectivity index (χ1n) is 6.37. The summed E-state index contributed by atoms with van der Waals surface area (Å²) in [5.74, 6) is 0.524. The quantitative estimate of drug-likeness (QED) is 0.868. The molecule has 1 saturated heterocycles. The Hall–Kier alpha value is -1.09. The van der Waals surface area contributed by atoms with E-state index in [1.54, 1.807) is 6.07 Å². The Morgan fingerprint density at radius 3 is 2.88 bits per heavy atom. The molecule has 2 rings (SSSR count). The molecule has 1 aromatic carbocycles. The number of halogens is 1. The van der Waals surface area contributed by atoms with E-state index in [1.165, 1.54) is 18.9 Å². The molecule has 1 fully saturated rings. The van der Waals surface area contributed by atoms with Crippen molar-refractivity contribution >= 4 is 5.69 Å². The summed E-state index contributed by atoms with van der Waals surface area (Å²) >= 11 is 0. The molecule has 2 atom stereocenters. The number of nitrogens with zero attached hydrogens (tertiary/aromatic N) is 1. The van der Waals surface area contributed by atoms with Crippen molar-refractivity contribution in [1.82, 2.24) is 5.32 Å². The maximum absolute atomic E-state index is 13.6. The fraction of sp³-hybridized carbons (Fsp3) is 0.571. The van der Waals surface area contributed by atoms with E-state index in [2.05, 4.69) is 12.2 Å². The van der Waals surface area contributed by atoms with Crippen LogP contribution in [0.1, 0.15) is 19.8 Å². The zero-order chi connectivity index (χ0) is 12.3. The highest BCUT2D eigenvalue weighted by atomic mass is 19.1. The Bertz CT molecular complexity index is 367. The summed E-state index contributed by atoms with van der Waals surface area (Å²) in [4.78, 5) is 2.01. The van der Waals surface area contributed by atoms with Crippen molar-refractivity contribution in [2.45, 2.75) is 25.8 Å². The molecule has 1 N–H and O–H groups in total. The number of piperidine rings is 1. The number of hydrogen-bond donors (Lipinski definition) is 1. The zero-order valence-corrected chi connectivity index (χ0v) is 10.6. The van der Waals surface area contributed by atoms with Crippen LogP contribution in [0.2, 0.25) is 0 Å². The lowest BCUT2D eigenvalue weighted by molar-refractivity contribution is 0.303. The predicted molar refractivity (Wildman–Crippen MR) is 69.9 cm³/mol. The molecule has 94 valence electrons. The van der Waals surface area contributed by atoms with Crippen LogP contribution in [0, 0.1) is 11.7 Å². The molecule has 1 aromatic rings. The van der Waals surface area contributed by atoms with Gasteiger partial charge >= 0.3 is 0 Å². The largest absolute Gasteiger partial charge is 0.371 e. The molecular formula is C14H21FN2. The minimum absolute atomic E-state index is 0.140. The van der Waals surface area contributed by atoms with Crippen molar-refractivity contribution in [2.24, 2.45) is 5.92 Å². The van der Waals surface area contributed by atoms with Crippen LogP contribution in [0.25, 0.3) is 0 Å². The van der Waals surface area contributed by atoms with E-state index in [0.29, 0.717) is 17.6 Å². The van der Waals surface area contributed by atoms with Crippen molar-refractivity contribution in [2.75, 3.05) is 25.0 Å². The topological polar surface area (TPSA) is 15.3 Å². The lowest BCUT2D eigenvalue weighted by Crippen LogP contribution is -2.47. The van der Waals surface area contributed by atoms with Crippen molar-refractivity contribution in [1.29, 1.82) is 0 Å². The fourth-order valence-corrected chi connectivity index (χ4v) is 2.51. The molecule has 2 unspecified atom stereocenters. The average molecular weight is 236 g/mol. The molecule has 0 aromatic heterocycles. The maximum Gasteiger partial charge on any atom is 0.146 e. The first-order valence-corrected chi connectivity index (χ1v) is 6.37. The van der Waals surface area contributed by atoms with Crippen molar-refractivity contribution < 1.29 is 4.39 Å². The fourth-order valence-electron chi connectivity index (χ4n) is 2.51. The second kappa shape index (κ2) is 5.50. The van der Waals surface area contributed by atoms with Gasteiger partial charge in [0, 0.05) is 19.6 Å². The molecule has 0 amide bonds. The van der Waals surface area contributed by atoms with Crippen LogP contribution in [0.4, 0.5) is 10.1 Å². The van der Waals surface area contributed by atoms with Gasteiger partial charge in [0.1, 0.15) is 5.82 Å². The third-order valence-electron chi connectivity index (χ3n) is 3.66. The summed E-state index contributed by atoms with van der Waals surface area (Å²) in [5.41, 5.74) is 0.687. The Balaban J connectivity index is 2.01. The Morgan fingerprint density at radius 2 is 2.18 bits per heavy atom. The third-order valence-corrected chi connectivity index (χ3v) is 3.66. The normalized spacial score (nSPS) is 24.6. The highest BCUT2D eigenvalue weighted by Gasteiger charge is 2.22. The summed E-state index contributed by atoms with van der Waals surface area (Å²) in [7, 11) is 1.96. The maximum atomic E-state index is 13.6. The average Bonchev–Trinajstić information content (AvgIpc) is 2.32. The van der Waals surface area contributed by atoms with Gasteiger partial charge in [-0.2, -0.15) is 0 Å². The highest BCUT2D eigenvalue weighted by Crippen LogP contribution is 2.21. The number of anilines is 1. The predicted octanol–water partition coefficient (Wildman–Crippen LogP) is 2.65. The number of nitrogens with one attached hydrogen (secondary N) is 1. The van der Waals surface area contributed by atoms with Crippen LogP contribution in [0.5, 0.6) is 0 Å². The van der Waals surface area contributed by atoms with Crippen LogP contribution in [0.15, 0.2) is 24.3 Å². The molecule has 2 nitrogen and oxygen atoms in total. The third kappa shape index (κ3) is 2.97. The van der Waals surface area contributed by atoms with Crippen LogP contribution >= 0.6 is 0 Å². The first-order chi connectivity index (χ1) is 8.18. The molecule has 1 aliphatic rings. The molecule has 3 heteroatoms. The van der Waals surface area contributed by atoms with Gasteiger partial charge in [0.05, 0.1) is 5.69 Å². The Kier molecular flexibility index (Phi) is 4.00. The molecule has 0 saturated carbocycles. The summed E-state index contributed by atoms with van der Waals surface area (Å²) in [6.45, 7) is 4.22. The van der Waals surface area contributed by atoms with Gasteiger partial charge in [-0.15, -0.1) is 0 Å². The minimum atomic E-state index is -0.140. The number of benzene rings is 1. The van der Waals surface area contributed by atoms with Gasteiger partial charge in [-0.25, -0.2) is 4.39 Å². The summed E-state index contributed by atoms with van der Waals surface area (Å²) in [5, 5.41) is 3.52. The van der Waals surface area contributed by atoms with Crippen LogP contribution in [-0.2, 0) is 0 Å². The van der Waals surface area contributed by atoms with Gasteiger partial charge < -0.3 is 10.2 Å². The van der Waals surface area contributed by atoms with E-state index in [-0.39, 0.29) is 5.82 Å². The summed E-state index contributed by atoms with van der Waals surface area (Å²) in [6, 6.07) is 7.43. The van der Waals surface area contributed by atoms with E-state index in [0.717, 1.165) is 13.1 Å². The molecule has 1 aliphatic heterocycles. The van der Waals surface area contributed by atoms with Gasteiger partial charge in [-0.1, -0.05) is 19.1 Å². The number of rotatable bonds is 3. The van der Waals surface area contributed by atoms with Gasteiger partial charge in [-0.05, 0) is 37.4 Å². The Morgan fingerprint density at radius 1 is 1.41 bits per heavy atom. The number of para-hydroxylation sites is 1. The Labute approximate surface area is 103 Å². The molecular weight excluding hydrogens is 215 g/mol. The van der Waals surface area contributed by atoms with E-state index in [9.17, 15) is 4.39 Å². The number of likely N-dealkylation sites (N-methyl/N-ethyl adjacent to an activating group) is 1. The van der Waals surface area contributed by atoms with E-state index in [1.807, 2.05) is 24.1 Å². The van der Waals surface area contributed by atoms with Crippen molar-refractivity contribution in [3.63, 3.8) is 0 Å². The molecule has 17 heavy (non-hydrogen) atoms. The standard InChI is InChI=1S/C14H21FN2/c1-11-6-5-9-16-13(11)10-17(2)14-8-4-3-7-12(14)15/h3-4,7-8,11,13,16H,5-6,9-10H2,1-2H3. The molecule has 1 heterocycles. The lowest BCUT2D eigenvalue weighted by atomic mass is 9.92. The van der Waals surface area contributed by atoms with Gasteiger partial charge in [-0.3, -0.25) is 0 Å². The van der Waals surface area contributed by atoms with Gasteiger partial charge in [0.25, 0.3) is 0 Å². The highest BCUT2D eigenvalue weighted by molar-refractivity contribution is 5.46. The minimum Gasteiger partial charge on any atom is -0.371 e. The lowest BCUT2D eigenvalue weighted by Gasteiger charge is -2.34. The molecule has 0 radical (unpaired) electrons.